The quantitative estimate of drug-likeness (QED) is 0.778. The van der Waals surface area contributed by atoms with Crippen LogP contribution < -0.4 is 5.73 Å². The van der Waals surface area contributed by atoms with Crippen molar-refractivity contribution in [1.82, 2.24) is 4.90 Å². The van der Waals surface area contributed by atoms with Crippen LogP contribution in [0, 0.1) is 11.3 Å². The minimum absolute atomic E-state index is 0.292. The van der Waals surface area contributed by atoms with Crippen LogP contribution in [0.25, 0.3) is 0 Å². The molecule has 3 heteroatoms. The Kier molecular flexibility index (Phi) is 5.22. The number of nitrogens with zero attached hydrogens (tertiary/aromatic N) is 1. The normalized spacial score (nSPS) is 21.4. The molecular weight excluding hydrogens is 200 g/mol. The van der Waals surface area contributed by atoms with Crippen molar-refractivity contribution in [3.63, 3.8) is 0 Å². The molecule has 0 aromatic heterocycles. The Bertz CT molecular complexity index is 198. The fourth-order valence-electron chi connectivity index (χ4n) is 3.31. The van der Waals surface area contributed by atoms with Crippen LogP contribution in [0.5, 0.6) is 0 Å². The van der Waals surface area contributed by atoms with E-state index in [1.807, 2.05) is 0 Å². The summed E-state index contributed by atoms with van der Waals surface area (Å²) in [5.41, 5.74) is 6.03. The molecular formula is C13H28N2O. The van der Waals surface area contributed by atoms with Gasteiger partial charge in [-0.1, -0.05) is 13.8 Å². The largest absolute Gasteiger partial charge is 0.381 e. The zero-order valence-electron chi connectivity index (χ0n) is 11.3. The summed E-state index contributed by atoms with van der Waals surface area (Å²) >= 11 is 0. The lowest BCUT2D eigenvalue weighted by atomic mass is 9.72. The predicted octanol–water partition coefficient (Wildman–Crippen LogP) is 1.72. The predicted molar refractivity (Wildman–Crippen MR) is 68.5 cm³/mol. The van der Waals surface area contributed by atoms with Gasteiger partial charge in [0.2, 0.25) is 0 Å². The molecule has 0 saturated carbocycles. The molecule has 0 radical (unpaired) electrons. The van der Waals surface area contributed by atoms with E-state index in [4.69, 9.17) is 10.5 Å². The van der Waals surface area contributed by atoms with Crippen LogP contribution in [0.15, 0.2) is 0 Å². The van der Waals surface area contributed by atoms with Crippen molar-refractivity contribution in [2.75, 3.05) is 33.9 Å². The molecule has 0 aromatic carbocycles. The lowest BCUT2D eigenvalue weighted by Gasteiger charge is -2.45. The molecule has 1 aliphatic rings. The second-order valence-corrected chi connectivity index (χ2v) is 5.89. The van der Waals surface area contributed by atoms with Gasteiger partial charge in [-0.15, -0.1) is 0 Å². The van der Waals surface area contributed by atoms with Crippen molar-refractivity contribution in [1.29, 1.82) is 0 Å². The van der Waals surface area contributed by atoms with Crippen molar-refractivity contribution < 1.29 is 4.74 Å². The Hall–Kier alpha value is -0.120. The molecule has 0 aromatic rings. The highest BCUT2D eigenvalue weighted by atomic mass is 16.5. The van der Waals surface area contributed by atoms with Crippen LogP contribution >= 0.6 is 0 Å². The van der Waals surface area contributed by atoms with Crippen molar-refractivity contribution in [3.8, 4) is 0 Å². The van der Waals surface area contributed by atoms with E-state index in [-0.39, 0.29) is 0 Å². The van der Waals surface area contributed by atoms with E-state index in [1.165, 1.54) is 12.8 Å². The summed E-state index contributed by atoms with van der Waals surface area (Å²) in [6, 6.07) is 0.611. The summed E-state index contributed by atoms with van der Waals surface area (Å²) in [4.78, 5) is 2.38. The summed E-state index contributed by atoms with van der Waals surface area (Å²) < 4.78 is 5.46. The zero-order chi connectivity index (χ0) is 12.2. The molecule has 0 amide bonds. The van der Waals surface area contributed by atoms with Crippen LogP contribution in [0.3, 0.4) is 0 Å². The molecule has 1 saturated heterocycles. The molecule has 0 bridgehead atoms. The fraction of sp³-hybridized carbons (Fsp3) is 1.00. The van der Waals surface area contributed by atoms with Gasteiger partial charge in [-0.25, -0.2) is 0 Å². The number of hydrogen-bond acceptors (Lipinski definition) is 3. The smallest absolute Gasteiger partial charge is 0.0469 e. The highest BCUT2D eigenvalue weighted by Crippen LogP contribution is 2.36. The van der Waals surface area contributed by atoms with Gasteiger partial charge in [-0.2, -0.15) is 0 Å². The van der Waals surface area contributed by atoms with E-state index in [1.54, 1.807) is 0 Å². The van der Waals surface area contributed by atoms with Crippen molar-refractivity contribution in [2.45, 2.75) is 39.2 Å². The summed E-state index contributed by atoms with van der Waals surface area (Å²) in [6.07, 6.45) is 3.47. The fourth-order valence-corrected chi connectivity index (χ4v) is 3.31. The Morgan fingerprint density at radius 1 is 1.31 bits per heavy atom. The van der Waals surface area contributed by atoms with E-state index in [9.17, 15) is 0 Å². The van der Waals surface area contributed by atoms with Crippen LogP contribution in [0.4, 0.5) is 0 Å². The minimum Gasteiger partial charge on any atom is -0.381 e. The topological polar surface area (TPSA) is 38.5 Å². The lowest BCUT2D eigenvalue weighted by Crippen LogP contribution is -2.48. The van der Waals surface area contributed by atoms with Crippen molar-refractivity contribution >= 4 is 0 Å². The molecule has 96 valence electrons. The molecule has 1 rings (SSSR count). The summed E-state index contributed by atoms with van der Waals surface area (Å²) in [5.74, 6) is 0.755. The van der Waals surface area contributed by atoms with Crippen LogP contribution in [0.2, 0.25) is 0 Å². The summed E-state index contributed by atoms with van der Waals surface area (Å²) in [6.45, 7) is 7.32. The average Bonchev–Trinajstić information content (AvgIpc) is 2.17. The number of hydrogen-bond donors (Lipinski definition) is 1. The van der Waals surface area contributed by atoms with Crippen LogP contribution in [-0.4, -0.2) is 44.8 Å². The molecule has 0 spiro atoms. The van der Waals surface area contributed by atoms with E-state index in [0.717, 1.165) is 32.1 Å². The molecule has 1 heterocycles. The third-order valence-electron chi connectivity index (χ3n) is 3.86. The first kappa shape index (κ1) is 13.9. The monoisotopic (exact) mass is 228 g/mol. The van der Waals surface area contributed by atoms with Gasteiger partial charge in [-0.05, 0) is 51.2 Å². The highest BCUT2D eigenvalue weighted by Gasteiger charge is 2.37. The standard InChI is InChI=1S/C13H28N2O/c1-13(2,7-8-14)12(15(3)4)11-5-9-16-10-6-11/h11-12H,5-10,14H2,1-4H3. The second kappa shape index (κ2) is 5.99. The summed E-state index contributed by atoms with van der Waals surface area (Å²) in [5, 5.41) is 0. The number of nitrogens with two attached hydrogens (primary N) is 1. The maximum atomic E-state index is 5.74. The lowest BCUT2D eigenvalue weighted by molar-refractivity contribution is -0.00211. The molecule has 16 heavy (non-hydrogen) atoms. The Balaban J connectivity index is 2.72. The Morgan fingerprint density at radius 2 is 1.88 bits per heavy atom. The first-order valence-electron chi connectivity index (χ1n) is 6.43. The molecule has 0 aliphatic carbocycles. The molecule has 1 fully saturated rings. The molecule has 2 N–H and O–H groups in total. The molecule has 1 aliphatic heterocycles. The molecule has 1 unspecified atom stereocenters. The van der Waals surface area contributed by atoms with Gasteiger partial charge in [0.25, 0.3) is 0 Å². The Morgan fingerprint density at radius 3 is 2.31 bits per heavy atom. The van der Waals surface area contributed by atoms with Crippen LogP contribution in [0.1, 0.15) is 33.1 Å². The van der Waals surface area contributed by atoms with Gasteiger partial charge in [0.1, 0.15) is 0 Å². The number of rotatable bonds is 5. The zero-order valence-corrected chi connectivity index (χ0v) is 11.3. The third-order valence-corrected chi connectivity index (χ3v) is 3.86. The third kappa shape index (κ3) is 3.44. The van der Waals surface area contributed by atoms with Crippen molar-refractivity contribution in [3.05, 3.63) is 0 Å². The first-order valence-corrected chi connectivity index (χ1v) is 6.43. The van der Waals surface area contributed by atoms with E-state index >= 15 is 0 Å². The maximum absolute atomic E-state index is 5.74. The average molecular weight is 228 g/mol. The minimum atomic E-state index is 0.292. The summed E-state index contributed by atoms with van der Waals surface area (Å²) in [7, 11) is 4.39. The van der Waals surface area contributed by atoms with Gasteiger partial charge in [0.05, 0.1) is 0 Å². The maximum Gasteiger partial charge on any atom is 0.0469 e. The molecule has 1 atom stereocenters. The van der Waals surface area contributed by atoms with Crippen LogP contribution in [-0.2, 0) is 4.74 Å². The molecule has 3 nitrogen and oxygen atoms in total. The number of ether oxygens (including phenoxy) is 1. The first-order chi connectivity index (χ1) is 7.49. The highest BCUT2D eigenvalue weighted by molar-refractivity contribution is 4.90. The van der Waals surface area contributed by atoms with Gasteiger partial charge in [0, 0.05) is 19.3 Å². The van der Waals surface area contributed by atoms with Gasteiger partial charge >= 0.3 is 0 Å². The van der Waals surface area contributed by atoms with Crippen molar-refractivity contribution in [2.24, 2.45) is 17.1 Å². The van der Waals surface area contributed by atoms with E-state index in [0.29, 0.717) is 11.5 Å². The Labute approximate surface area is 100 Å². The van der Waals surface area contributed by atoms with Gasteiger partial charge < -0.3 is 15.4 Å². The second-order valence-electron chi connectivity index (χ2n) is 5.89. The van der Waals surface area contributed by atoms with Gasteiger partial charge in [-0.3, -0.25) is 0 Å². The van der Waals surface area contributed by atoms with E-state index < -0.39 is 0 Å². The van der Waals surface area contributed by atoms with Gasteiger partial charge in [0.15, 0.2) is 0 Å². The van der Waals surface area contributed by atoms with E-state index in [2.05, 4.69) is 32.8 Å². The SMILES string of the molecule is CN(C)C(C1CCOCC1)C(C)(C)CCN.